The molecule has 1 heterocycles. The van der Waals surface area contributed by atoms with E-state index in [0.717, 1.165) is 28.7 Å². The van der Waals surface area contributed by atoms with Gasteiger partial charge in [0.15, 0.2) is 0 Å². The molecule has 0 atom stereocenters. The Kier molecular flexibility index (Phi) is 3.20. The van der Waals surface area contributed by atoms with Crippen LogP contribution in [0.1, 0.15) is 5.56 Å². The zero-order valence-corrected chi connectivity index (χ0v) is 12.1. The Balaban J connectivity index is 1.86. The Bertz CT molecular complexity index is 893. The highest BCUT2D eigenvalue weighted by Crippen LogP contribution is 2.27. The van der Waals surface area contributed by atoms with Crippen LogP contribution in [0.3, 0.4) is 0 Å². The van der Waals surface area contributed by atoms with E-state index in [4.69, 9.17) is 5.10 Å². The summed E-state index contributed by atoms with van der Waals surface area (Å²) in [6, 6.07) is 30.1. The summed E-state index contributed by atoms with van der Waals surface area (Å²) in [4.78, 5) is 0. The second-order valence-electron chi connectivity index (χ2n) is 5.29. The summed E-state index contributed by atoms with van der Waals surface area (Å²) in [5.74, 6) is 0. The summed E-state index contributed by atoms with van der Waals surface area (Å²) in [6.07, 6.45) is 0. The summed E-state index contributed by atoms with van der Waals surface area (Å²) >= 11 is 0. The molecule has 0 aliphatic heterocycles. The van der Waals surface area contributed by atoms with Crippen LogP contribution in [0.25, 0.3) is 22.2 Å². The van der Waals surface area contributed by atoms with E-state index in [9.17, 15) is 0 Å². The largest absolute Gasteiger partial charge is 0.260 e. The minimum absolute atomic E-state index is 0.766. The average molecular weight is 283 g/mol. The molecule has 105 valence electrons. The van der Waals surface area contributed by atoms with Gasteiger partial charge in [0.2, 0.25) is 0 Å². The van der Waals surface area contributed by atoms with Gasteiger partial charge in [-0.2, -0.15) is 5.10 Å². The fraction of sp³-hybridized carbons (Fsp3) is 0.0500. The molecule has 0 saturated heterocycles. The Hall–Kier alpha value is -2.87. The van der Waals surface area contributed by atoms with E-state index in [2.05, 4.69) is 53.2 Å². The molecule has 4 aromatic rings. The maximum Gasteiger partial charge on any atom is 0.101 e. The quantitative estimate of drug-likeness (QED) is 0.539. The van der Waals surface area contributed by atoms with Crippen molar-refractivity contribution in [2.75, 3.05) is 0 Å². The van der Waals surface area contributed by atoms with E-state index in [0.29, 0.717) is 0 Å². The lowest BCUT2D eigenvalue weighted by Gasteiger charge is -2.03. The summed E-state index contributed by atoms with van der Waals surface area (Å²) in [5.41, 5.74) is 4.48. The fourth-order valence-electron chi connectivity index (χ4n) is 2.73. The van der Waals surface area contributed by atoms with Crippen molar-refractivity contribution < 1.29 is 0 Å². The number of hydrogen-bond donors (Lipinski definition) is 0. The van der Waals surface area contributed by atoms with Crippen LogP contribution in [0.15, 0.2) is 78.9 Å². The summed E-state index contributed by atoms with van der Waals surface area (Å²) in [5, 5.41) is 5.91. The first-order valence-corrected chi connectivity index (χ1v) is 7.38. The van der Waals surface area contributed by atoms with Gasteiger partial charge in [-0.25, -0.2) is 0 Å². The highest BCUT2D eigenvalue weighted by Gasteiger charge is 2.11. The maximum absolute atomic E-state index is 4.84. The predicted octanol–water partition coefficient (Wildman–Crippen LogP) is 4.55. The Morgan fingerprint density at radius 2 is 1.55 bits per heavy atom. The molecule has 0 spiro atoms. The SMILES string of the molecule is [c]1cccc2c1c(-c1ccccc1)nn2Cc1ccccc1. The van der Waals surface area contributed by atoms with E-state index < -0.39 is 0 Å². The standard InChI is InChI=1S/C20H15N2/c1-3-9-16(10-4-1)15-22-19-14-8-7-13-18(19)20(21-22)17-11-5-2-6-12-17/h1-12,14H,15H2. The Morgan fingerprint density at radius 1 is 0.818 bits per heavy atom. The number of nitrogens with zero attached hydrogens (tertiary/aromatic N) is 2. The zero-order valence-electron chi connectivity index (χ0n) is 12.1. The molecule has 0 aliphatic carbocycles. The second kappa shape index (κ2) is 5.49. The third-order valence-corrected chi connectivity index (χ3v) is 3.79. The second-order valence-corrected chi connectivity index (χ2v) is 5.29. The molecule has 1 aromatic heterocycles. The van der Waals surface area contributed by atoms with Gasteiger partial charge in [0.1, 0.15) is 5.69 Å². The van der Waals surface area contributed by atoms with Crippen LogP contribution in [-0.4, -0.2) is 9.78 Å². The number of hydrogen-bond acceptors (Lipinski definition) is 1. The number of aromatic nitrogens is 2. The van der Waals surface area contributed by atoms with E-state index in [1.54, 1.807) is 0 Å². The van der Waals surface area contributed by atoms with Crippen molar-refractivity contribution >= 4 is 10.9 Å². The first kappa shape index (κ1) is 12.8. The van der Waals surface area contributed by atoms with Gasteiger partial charge in [-0.3, -0.25) is 4.68 Å². The molecule has 2 nitrogen and oxygen atoms in total. The van der Waals surface area contributed by atoms with Gasteiger partial charge < -0.3 is 0 Å². The molecular formula is C20H15N2. The van der Waals surface area contributed by atoms with Crippen LogP contribution >= 0.6 is 0 Å². The monoisotopic (exact) mass is 283 g/mol. The van der Waals surface area contributed by atoms with Gasteiger partial charge >= 0.3 is 0 Å². The minimum Gasteiger partial charge on any atom is -0.260 e. The third kappa shape index (κ3) is 2.29. The molecule has 4 rings (SSSR count). The lowest BCUT2D eigenvalue weighted by atomic mass is 10.1. The summed E-state index contributed by atoms with van der Waals surface area (Å²) < 4.78 is 2.06. The van der Waals surface area contributed by atoms with E-state index >= 15 is 0 Å². The van der Waals surface area contributed by atoms with Gasteiger partial charge in [-0.05, 0) is 17.7 Å². The highest BCUT2D eigenvalue weighted by molar-refractivity contribution is 5.92. The Morgan fingerprint density at radius 3 is 2.32 bits per heavy atom. The minimum atomic E-state index is 0.766. The van der Waals surface area contributed by atoms with Crippen molar-refractivity contribution in [1.82, 2.24) is 9.78 Å². The molecule has 0 fully saturated rings. The summed E-state index contributed by atoms with van der Waals surface area (Å²) in [7, 11) is 0. The molecule has 0 bridgehead atoms. The number of rotatable bonds is 3. The molecule has 22 heavy (non-hydrogen) atoms. The fourth-order valence-corrected chi connectivity index (χ4v) is 2.73. The molecule has 3 aromatic carbocycles. The number of fused-ring (bicyclic) bond motifs is 1. The molecule has 2 heteroatoms. The van der Waals surface area contributed by atoms with Gasteiger partial charge in [0, 0.05) is 10.9 Å². The van der Waals surface area contributed by atoms with Crippen molar-refractivity contribution in [3.63, 3.8) is 0 Å². The van der Waals surface area contributed by atoms with Crippen LogP contribution in [0, 0.1) is 6.07 Å². The van der Waals surface area contributed by atoms with Crippen LogP contribution in [0.4, 0.5) is 0 Å². The molecule has 0 aliphatic rings. The van der Waals surface area contributed by atoms with Gasteiger partial charge in [-0.1, -0.05) is 72.8 Å². The van der Waals surface area contributed by atoms with Gasteiger partial charge in [0.25, 0.3) is 0 Å². The normalized spacial score (nSPS) is 10.9. The molecule has 0 unspecified atom stereocenters. The van der Waals surface area contributed by atoms with E-state index in [-0.39, 0.29) is 0 Å². The van der Waals surface area contributed by atoms with Crippen LogP contribution in [0.2, 0.25) is 0 Å². The lowest BCUT2D eigenvalue weighted by molar-refractivity contribution is 0.715. The van der Waals surface area contributed by atoms with E-state index in [1.807, 2.05) is 36.4 Å². The third-order valence-electron chi connectivity index (χ3n) is 3.79. The predicted molar refractivity (Wildman–Crippen MR) is 89.5 cm³/mol. The lowest BCUT2D eigenvalue weighted by Crippen LogP contribution is -2.01. The molecule has 1 radical (unpaired) electrons. The maximum atomic E-state index is 4.84. The van der Waals surface area contributed by atoms with Crippen molar-refractivity contribution in [1.29, 1.82) is 0 Å². The molecule has 0 N–H and O–H groups in total. The summed E-state index contributed by atoms with van der Waals surface area (Å²) in [6.45, 7) is 0.766. The van der Waals surface area contributed by atoms with Crippen molar-refractivity contribution in [3.8, 4) is 11.3 Å². The van der Waals surface area contributed by atoms with Crippen LogP contribution < -0.4 is 0 Å². The highest BCUT2D eigenvalue weighted by atomic mass is 15.3. The molecular weight excluding hydrogens is 268 g/mol. The van der Waals surface area contributed by atoms with E-state index in [1.165, 1.54) is 5.56 Å². The van der Waals surface area contributed by atoms with Crippen LogP contribution in [0.5, 0.6) is 0 Å². The molecule has 0 saturated carbocycles. The van der Waals surface area contributed by atoms with Crippen LogP contribution in [-0.2, 0) is 6.54 Å². The average Bonchev–Trinajstić information content (AvgIpc) is 2.96. The van der Waals surface area contributed by atoms with Crippen molar-refractivity contribution in [2.45, 2.75) is 6.54 Å². The Labute approximate surface area is 129 Å². The molecule has 0 amide bonds. The topological polar surface area (TPSA) is 17.8 Å². The van der Waals surface area contributed by atoms with Crippen molar-refractivity contribution in [3.05, 3.63) is 90.5 Å². The van der Waals surface area contributed by atoms with Gasteiger partial charge in [0.05, 0.1) is 12.1 Å². The zero-order chi connectivity index (χ0) is 14.8. The van der Waals surface area contributed by atoms with Crippen molar-refractivity contribution in [2.24, 2.45) is 0 Å². The first-order chi connectivity index (χ1) is 10.9. The number of benzene rings is 3. The first-order valence-electron chi connectivity index (χ1n) is 7.38. The smallest absolute Gasteiger partial charge is 0.101 e. The van der Waals surface area contributed by atoms with Gasteiger partial charge in [-0.15, -0.1) is 0 Å².